The van der Waals surface area contributed by atoms with Crippen molar-refractivity contribution >= 4 is 23.1 Å². The monoisotopic (exact) mass is 578 g/mol. The third kappa shape index (κ3) is 7.38. The number of rotatable bonds is 7. The van der Waals surface area contributed by atoms with E-state index in [-0.39, 0.29) is 26.1 Å². The van der Waals surface area contributed by atoms with Gasteiger partial charge in [0.25, 0.3) is 5.91 Å². The second-order valence-corrected chi connectivity index (χ2v) is 11.8. The number of hydrogen-bond acceptors (Lipinski definition) is 8. The molecule has 0 unspecified atom stereocenters. The largest absolute Gasteiger partial charge is 0.444 e. The minimum absolute atomic E-state index is 0.0304. The van der Waals surface area contributed by atoms with E-state index in [1.165, 1.54) is 9.47 Å². The van der Waals surface area contributed by atoms with E-state index in [1.54, 1.807) is 33.9 Å². The minimum atomic E-state index is -1.33. The van der Waals surface area contributed by atoms with Gasteiger partial charge < -0.3 is 29.2 Å². The number of nitrogens with zero attached hydrogens (tertiary/aromatic N) is 3. The van der Waals surface area contributed by atoms with Crippen molar-refractivity contribution in [2.45, 2.75) is 70.3 Å². The van der Waals surface area contributed by atoms with Crippen LogP contribution in [0.3, 0.4) is 0 Å². The van der Waals surface area contributed by atoms with E-state index >= 15 is 0 Å². The number of aliphatic hydroxyl groups is 1. The lowest BCUT2D eigenvalue weighted by atomic mass is 9.99. The number of carbonyl (C=O) groups excluding carboxylic acids is 2. The van der Waals surface area contributed by atoms with Crippen LogP contribution >= 0.6 is 0 Å². The van der Waals surface area contributed by atoms with Gasteiger partial charge in [0.2, 0.25) is 0 Å². The molecule has 42 heavy (non-hydrogen) atoms. The van der Waals surface area contributed by atoms with E-state index in [1.807, 2.05) is 43.3 Å². The molecule has 2 aromatic carbocycles. The first kappa shape index (κ1) is 30.8. The van der Waals surface area contributed by atoms with Crippen LogP contribution in [0.15, 0.2) is 51.7 Å². The molecule has 11 nitrogen and oxygen atoms in total. The van der Waals surface area contributed by atoms with Gasteiger partial charge in [-0.05, 0) is 56.0 Å². The Balaban J connectivity index is 1.44. The molecule has 1 aromatic heterocycles. The number of hydrogen-bond donors (Lipinski definition) is 2. The van der Waals surface area contributed by atoms with Crippen molar-refractivity contribution in [3.05, 3.63) is 58.6 Å². The predicted octanol–water partition coefficient (Wildman–Crippen LogP) is 3.52. The Morgan fingerprint density at radius 2 is 1.90 bits per heavy atom. The molecule has 11 heteroatoms. The van der Waals surface area contributed by atoms with Crippen LogP contribution < -0.4 is 11.1 Å². The minimum Gasteiger partial charge on any atom is -0.444 e. The van der Waals surface area contributed by atoms with E-state index in [4.69, 9.17) is 13.9 Å². The molecule has 1 saturated heterocycles. The Hall–Kier alpha value is -4.14. The predicted molar refractivity (Wildman–Crippen MR) is 156 cm³/mol. The quantitative estimate of drug-likeness (QED) is 0.433. The summed E-state index contributed by atoms with van der Waals surface area (Å²) in [5.41, 5.74) is 1.77. The highest BCUT2D eigenvalue weighted by Crippen LogP contribution is 2.25. The first-order valence-electron chi connectivity index (χ1n) is 14.0. The number of aryl methyl sites for hydroxylation is 1. The van der Waals surface area contributed by atoms with Crippen molar-refractivity contribution in [2.75, 3.05) is 19.7 Å². The van der Waals surface area contributed by atoms with Gasteiger partial charge in [-0.2, -0.15) is 5.26 Å². The van der Waals surface area contributed by atoms with Gasteiger partial charge in [0.05, 0.1) is 31.3 Å². The van der Waals surface area contributed by atoms with Gasteiger partial charge in [-0.1, -0.05) is 43.7 Å². The number of oxazole rings is 1. The second-order valence-electron chi connectivity index (χ2n) is 11.8. The summed E-state index contributed by atoms with van der Waals surface area (Å²) >= 11 is 0. The number of aromatic nitrogens is 1. The van der Waals surface area contributed by atoms with E-state index in [2.05, 4.69) is 11.4 Å². The Morgan fingerprint density at radius 1 is 1.21 bits per heavy atom. The van der Waals surface area contributed by atoms with Crippen LogP contribution in [0, 0.1) is 11.3 Å². The molecule has 0 radical (unpaired) electrons. The molecule has 2 amide bonds. The zero-order valence-corrected chi connectivity index (χ0v) is 24.7. The van der Waals surface area contributed by atoms with Crippen LogP contribution in [-0.4, -0.2) is 69.6 Å². The van der Waals surface area contributed by atoms with Crippen molar-refractivity contribution < 1.29 is 28.6 Å². The molecule has 0 bridgehead atoms. The lowest BCUT2D eigenvalue weighted by Crippen LogP contribution is -2.50. The van der Waals surface area contributed by atoms with Gasteiger partial charge >= 0.3 is 11.8 Å². The first-order valence-corrected chi connectivity index (χ1v) is 14.0. The molecule has 0 spiro atoms. The summed E-state index contributed by atoms with van der Waals surface area (Å²) in [6.07, 6.45) is -0.445. The van der Waals surface area contributed by atoms with Crippen molar-refractivity contribution in [1.29, 1.82) is 5.26 Å². The molecule has 0 saturated carbocycles. The topological polar surface area (TPSA) is 147 Å². The number of benzene rings is 2. The highest BCUT2D eigenvalue weighted by molar-refractivity contribution is 5.83. The molecule has 2 heterocycles. The van der Waals surface area contributed by atoms with E-state index in [0.29, 0.717) is 23.9 Å². The average molecular weight is 579 g/mol. The van der Waals surface area contributed by atoms with Crippen LogP contribution in [-0.2, 0) is 27.7 Å². The van der Waals surface area contributed by atoms with Crippen LogP contribution in [0.2, 0.25) is 0 Å². The van der Waals surface area contributed by atoms with Gasteiger partial charge in [0, 0.05) is 13.5 Å². The molecule has 3 aromatic rings. The average Bonchev–Trinajstić information content (AvgIpc) is 3.09. The summed E-state index contributed by atoms with van der Waals surface area (Å²) in [7, 11) is 1.65. The number of nitriles is 1. The van der Waals surface area contributed by atoms with Crippen molar-refractivity contribution in [1.82, 2.24) is 14.8 Å². The molecular formula is C31H38N4O7. The highest BCUT2D eigenvalue weighted by atomic mass is 16.6. The fraction of sp³-hybridized carbons (Fsp3) is 0.484. The van der Waals surface area contributed by atoms with Gasteiger partial charge in [-0.3, -0.25) is 9.36 Å². The summed E-state index contributed by atoms with van der Waals surface area (Å²) in [4.78, 5) is 39.2. The van der Waals surface area contributed by atoms with Crippen LogP contribution in [0.25, 0.3) is 22.2 Å². The standard InChI is InChI=1S/C31H38N4O7/c1-6-13-31(39)18-35(29(38)42-30(2,3)4)17-26(40-19-31)27(36)33-23(16-32)14-20-7-9-21(10-8-20)22-11-12-25-24(15-22)34(5)28(37)41-25/h7-12,15,23,26,39H,6,13-14,17-19H2,1-5H3,(H,33,36)/t23-,26-,31-/m0/s1. The van der Waals surface area contributed by atoms with Crippen molar-refractivity contribution in [3.63, 3.8) is 0 Å². The molecule has 1 aliphatic rings. The molecule has 3 atom stereocenters. The normalized spacial score (nSPS) is 20.0. The maximum Gasteiger partial charge on any atom is 0.419 e. The molecule has 2 N–H and O–H groups in total. The van der Waals surface area contributed by atoms with Gasteiger partial charge in [-0.25, -0.2) is 9.59 Å². The molecule has 0 aliphatic carbocycles. The SMILES string of the molecule is CCC[C@@]1(O)CO[C@H](C(=O)N[C@H](C#N)Cc2ccc(-c3ccc4oc(=O)n(C)c4c3)cc2)CN(C(=O)OC(C)(C)C)C1. The van der Waals surface area contributed by atoms with Gasteiger partial charge in [-0.15, -0.1) is 0 Å². The smallest absolute Gasteiger partial charge is 0.419 e. The maximum absolute atomic E-state index is 13.2. The molecule has 1 fully saturated rings. The Kier molecular flexibility index (Phi) is 9.09. The molecule has 224 valence electrons. The Morgan fingerprint density at radius 3 is 2.55 bits per heavy atom. The van der Waals surface area contributed by atoms with Crippen molar-refractivity contribution in [2.24, 2.45) is 7.05 Å². The fourth-order valence-corrected chi connectivity index (χ4v) is 4.98. The molecular weight excluding hydrogens is 540 g/mol. The Bertz CT molecular complexity index is 1530. The highest BCUT2D eigenvalue weighted by Gasteiger charge is 2.40. The third-order valence-electron chi connectivity index (χ3n) is 7.07. The van der Waals surface area contributed by atoms with Crippen LogP contribution in [0.4, 0.5) is 4.79 Å². The summed E-state index contributed by atoms with van der Waals surface area (Å²) in [5, 5.41) is 23.6. The third-order valence-corrected chi connectivity index (χ3v) is 7.07. The van der Waals surface area contributed by atoms with E-state index in [9.17, 15) is 24.8 Å². The van der Waals surface area contributed by atoms with E-state index < -0.39 is 41.1 Å². The number of amides is 2. The van der Waals surface area contributed by atoms with Crippen molar-refractivity contribution in [3.8, 4) is 17.2 Å². The first-order chi connectivity index (χ1) is 19.8. The second kappa shape index (κ2) is 12.4. The summed E-state index contributed by atoms with van der Waals surface area (Å²) in [6.45, 7) is 6.86. The fourth-order valence-electron chi connectivity index (χ4n) is 4.98. The Labute approximate surface area is 244 Å². The zero-order chi connectivity index (χ0) is 30.7. The summed E-state index contributed by atoms with van der Waals surface area (Å²) in [6, 6.07) is 14.3. The van der Waals surface area contributed by atoms with Gasteiger partial charge in [0.1, 0.15) is 17.2 Å². The maximum atomic E-state index is 13.2. The number of β-amino-alcohol motifs (C(OH)–C–C–N with tert-alkyl or cyclic N) is 1. The van der Waals surface area contributed by atoms with Crippen LogP contribution in [0.5, 0.6) is 0 Å². The van der Waals surface area contributed by atoms with Crippen LogP contribution in [0.1, 0.15) is 46.1 Å². The zero-order valence-electron chi connectivity index (χ0n) is 24.7. The summed E-state index contributed by atoms with van der Waals surface area (Å²) in [5.74, 6) is -0.975. The lowest BCUT2D eigenvalue weighted by molar-refractivity contribution is -0.136. The number of carbonyl (C=O) groups is 2. The van der Waals surface area contributed by atoms with E-state index in [0.717, 1.165) is 16.7 Å². The number of ether oxygens (including phenoxy) is 2. The molecule has 1 aliphatic heterocycles. The lowest BCUT2D eigenvalue weighted by Gasteiger charge is -2.32. The number of nitrogens with one attached hydrogen (secondary N) is 1. The molecule has 4 rings (SSSR count). The van der Waals surface area contributed by atoms with Gasteiger partial charge in [0.15, 0.2) is 11.7 Å². The number of fused-ring (bicyclic) bond motifs is 1. The summed E-state index contributed by atoms with van der Waals surface area (Å²) < 4.78 is 17.9.